The number of benzene rings is 5. The minimum Gasteiger partial charge on any atom is -0.478 e. The molecule has 11 nitrogen and oxygen atoms in total. The molecule has 0 radical (unpaired) electrons. The molecule has 36 heavy (non-hydrogen) atoms. The number of carbonyl (C=O) groups is 4. The van der Waals surface area contributed by atoms with Gasteiger partial charge in [0.1, 0.15) is 0 Å². The van der Waals surface area contributed by atoms with Crippen LogP contribution in [0.5, 0.6) is 0 Å². The van der Waals surface area contributed by atoms with Crippen molar-refractivity contribution in [2.45, 2.75) is 0 Å². The zero-order chi connectivity index (χ0) is 26.5. The van der Waals surface area contributed by atoms with Crippen LogP contribution in [0.15, 0.2) is 48.5 Å². The van der Waals surface area contributed by atoms with Crippen LogP contribution in [0.25, 0.3) is 43.1 Å². The number of guanidine groups is 1. The molecule has 0 spiro atoms. The summed E-state index contributed by atoms with van der Waals surface area (Å²) in [5.41, 5.74) is 6.02. The van der Waals surface area contributed by atoms with Crippen molar-refractivity contribution in [2.24, 2.45) is 11.5 Å². The number of carboxylic acids is 4. The van der Waals surface area contributed by atoms with Crippen LogP contribution in [0.1, 0.15) is 41.4 Å². The third-order valence-electron chi connectivity index (χ3n) is 5.79. The van der Waals surface area contributed by atoms with Crippen LogP contribution in [0, 0.1) is 5.41 Å². The standard InChI is InChI=1S/C24H12O8.CH5N3/c25-21(26)13-8-7-11-10-5-1-3-9-4-2-6-12(14(9)10)16-15(11)17(13)19(23(29)30)20(24(31)32)18(16)22(27)28;2-1(3)4/h1-8H,(H,25,26)(H,27,28)(H,29,30)(H,31,32);(H5,2,3,4). The molecule has 0 fully saturated rings. The fourth-order valence-corrected chi connectivity index (χ4v) is 4.71. The second kappa shape index (κ2) is 8.40. The molecule has 0 bridgehead atoms. The first-order chi connectivity index (χ1) is 17.0. The predicted octanol–water partition coefficient (Wildman–Crippen LogP) is 3.37. The van der Waals surface area contributed by atoms with E-state index in [9.17, 15) is 39.6 Å². The summed E-state index contributed by atoms with van der Waals surface area (Å²) in [7, 11) is 0. The van der Waals surface area contributed by atoms with Crippen molar-refractivity contribution in [3.8, 4) is 0 Å². The monoisotopic (exact) mass is 487 g/mol. The summed E-state index contributed by atoms with van der Waals surface area (Å²) in [6.45, 7) is 0. The number of aromatic carboxylic acids is 4. The van der Waals surface area contributed by atoms with Crippen molar-refractivity contribution >= 4 is 72.9 Å². The topological polar surface area (TPSA) is 225 Å². The maximum absolute atomic E-state index is 12.3. The van der Waals surface area contributed by atoms with Crippen LogP contribution in [0.2, 0.25) is 0 Å². The second-order valence-electron chi connectivity index (χ2n) is 7.80. The number of nitrogens with two attached hydrogens (primary N) is 2. The Labute approximate surface area is 200 Å². The maximum atomic E-state index is 12.3. The molecule has 5 aromatic carbocycles. The fraction of sp³-hybridized carbons (Fsp3) is 0. The molecule has 180 valence electrons. The number of rotatable bonds is 4. The van der Waals surface area contributed by atoms with Gasteiger partial charge in [0.2, 0.25) is 0 Å². The molecule has 0 saturated heterocycles. The Bertz CT molecular complexity index is 1780. The third kappa shape index (κ3) is 3.42. The Hall–Kier alpha value is -5.45. The van der Waals surface area contributed by atoms with E-state index in [0.717, 1.165) is 5.39 Å². The zero-order valence-electron chi connectivity index (χ0n) is 18.2. The highest BCUT2D eigenvalue weighted by atomic mass is 16.4. The second-order valence-corrected chi connectivity index (χ2v) is 7.80. The molecule has 11 heteroatoms. The Morgan fingerprint density at radius 1 is 0.556 bits per heavy atom. The van der Waals surface area contributed by atoms with Crippen molar-refractivity contribution in [1.29, 1.82) is 5.41 Å². The average Bonchev–Trinajstić information content (AvgIpc) is 2.79. The lowest BCUT2D eigenvalue weighted by Gasteiger charge is -2.20. The van der Waals surface area contributed by atoms with E-state index < -0.39 is 46.1 Å². The number of hydrogen-bond acceptors (Lipinski definition) is 5. The molecule has 9 N–H and O–H groups in total. The lowest BCUT2D eigenvalue weighted by Crippen LogP contribution is -2.20. The lowest BCUT2D eigenvalue weighted by molar-refractivity contribution is 0.0635. The van der Waals surface area contributed by atoms with Crippen LogP contribution in [-0.2, 0) is 0 Å². The molecule has 0 heterocycles. The highest BCUT2D eigenvalue weighted by Crippen LogP contribution is 2.45. The van der Waals surface area contributed by atoms with Gasteiger partial charge in [0.05, 0.1) is 22.3 Å². The van der Waals surface area contributed by atoms with Crippen molar-refractivity contribution in [2.75, 3.05) is 0 Å². The first kappa shape index (κ1) is 23.7. The number of hydrogen-bond donors (Lipinski definition) is 7. The van der Waals surface area contributed by atoms with E-state index in [2.05, 4.69) is 11.5 Å². The van der Waals surface area contributed by atoms with Crippen molar-refractivity contribution < 1.29 is 39.6 Å². The van der Waals surface area contributed by atoms with Gasteiger partial charge in [-0.1, -0.05) is 42.5 Å². The molecule has 5 rings (SSSR count). The van der Waals surface area contributed by atoms with E-state index in [1.54, 1.807) is 24.3 Å². The SMILES string of the molecule is N=C(N)N.O=C(O)c1c(C(=O)O)c2c(C(=O)O)ccc3c4cccc5cccc(c(c1C(=O)O)c23)c54. The van der Waals surface area contributed by atoms with E-state index in [1.165, 1.54) is 12.1 Å². The summed E-state index contributed by atoms with van der Waals surface area (Å²) in [6, 6.07) is 13.2. The van der Waals surface area contributed by atoms with Gasteiger partial charge in [-0.3, -0.25) is 5.41 Å². The van der Waals surface area contributed by atoms with Gasteiger partial charge >= 0.3 is 23.9 Å². The van der Waals surface area contributed by atoms with Crippen molar-refractivity contribution in [3.05, 3.63) is 70.8 Å². The summed E-state index contributed by atoms with van der Waals surface area (Å²) in [4.78, 5) is 48.7. The lowest BCUT2D eigenvalue weighted by atomic mass is 9.81. The summed E-state index contributed by atoms with van der Waals surface area (Å²) in [5, 5.41) is 48.3. The molecule has 0 atom stereocenters. The molecule has 5 aromatic rings. The van der Waals surface area contributed by atoms with Crippen LogP contribution in [0.4, 0.5) is 0 Å². The molecule has 0 aliphatic heterocycles. The quantitative estimate of drug-likeness (QED) is 0.0846. The first-order valence-corrected chi connectivity index (χ1v) is 10.2. The minimum atomic E-state index is -1.77. The minimum absolute atomic E-state index is 0.00250. The van der Waals surface area contributed by atoms with Gasteiger partial charge in [0, 0.05) is 16.2 Å². The Morgan fingerprint density at radius 3 is 1.53 bits per heavy atom. The molecule has 0 aliphatic rings. The van der Waals surface area contributed by atoms with E-state index in [4.69, 9.17) is 5.41 Å². The van der Waals surface area contributed by atoms with Gasteiger partial charge in [-0.15, -0.1) is 0 Å². The molecule has 0 saturated carbocycles. The van der Waals surface area contributed by atoms with Crippen LogP contribution >= 0.6 is 0 Å². The van der Waals surface area contributed by atoms with Gasteiger partial charge in [0.25, 0.3) is 0 Å². The molecular formula is C25H17N3O8. The highest BCUT2D eigenvalue weighted by molar-refractivity contribution is 6.40. The Kier molecular flexibility index (Phi) is 5.53. The molecule has 0 aromatic heterocycles. The molecule has 0 unspecified atom stereocenters. The largest absolute Gasteiger partial charge is 0.478 e. The van der Waals surface area contributed by atoms with Crippen molar-refractivity contribution in [1.82, 2.24) is 0 Å². The smallest absolute Gasteiger partial charge is 0.337 e. The summed E-state index contributed by atoms with van der Waals surface area (Å²) in [6.07, 6.45) is 0. The van der Waals surface area contributed by atoms with Gasteiger partial charge in [-0.2, -0.15) is 0 Å². The summed E-state index contributed by atoms with van der Waals surface area (Å²) in [5.74, 6) is -6.91. The maximum Gasteiger partial charge on any atom is 0.337 e. The Balaban J connectivity index is 0.000000709. The number of carboxylic acid groups (broad SMARTS) is 4. The average molecular weight is 487 g/mol. The first-order valence-electron chi connectivity index (χ1n) is 10.2. The van der Waals surface area contributed by atoms with Crippen LogP contribution < -0.4 is 11.5 Å². The fourth-order valence-electron chi connectivity index (χ4n) is 4.71. The number of nitrogens with one attached hydrogen (secondary N) is 1. The van der Waals surface area contributed by atoms with Gasteiger partial charge in [0.15, 0.2) is 5.96 Å². The van der Waals surface area contributed by atoms with E-state index in [1.807, 2.05) is 12.1 Å². The van der Waals surface area contributed by atoms with Crippen LogP contribution in [-0.4, -0.2) is 50.3 Å². The zero-order valence-corrected chi connectivity index (χ0v) is 18.2. The molecule has 0 aliphatic carbocycles. The van der Waals surface area contributed by atoms with Gasteiger partial charge in [-0.05, 0) is 33.0 Å². The van der Waals surface area contributed by atoms with E-state index >= 15 is 0 Å². The van der Waals surface area contributed by atoms with E-state index in [-0.39, 0.29) is 22.1 Å². The third-order valence-corrected chi connectivity index (χ3v) is 5.79. The molecule has 0 amide bonds. The highest BCUT2D eigenvalue weighted by Gasteiger charge is 2.33. The predicted molar refractivity (Wildman–Crippen MR) is 132 cm³/mol. The van der Waals surface area contributed by atoms with Gasteiger partial charge < -0.3 is 31.9 Å². The molecular weight excluding hydrogens is 470 g/mol. The van der Waals surface area contributed by atoms with Gasteiger partial charge in [-0.25, -0.2) is 19.2 Å². The van der Waals surface area contributed by atoms with Crippen LogP contribution in [0.3, 0.4) is 0 Å². The van der Waals surface area contributed by atoms with E-state index in [0.29, 0.717) is 21.5 Å². The Morgan fingerprint density at radius 2 is 1.03 bits per heavy atom. The summed E-state index contributed by atoms with van der Waals surface area (Å²) < 4.78 is 0. The summed E-state index contributed by atoms with van der Waals surface area (Å²) >= 11 is 0. The normalized spacial score (nSPS) is 10.9. The van der Waals surface area contributed by atoms with Crippen molar-refractivity contribution in [3.63, 3.8) is 0 Å². The number of fused-ring (bicyclic) bond motifs is 2.